The number of rotatable bonds is 12. The van der Waals surface area contributed by atoms with Crippen LogP contribution in [0.3, 0.4) is 0 Å². The van der Waals surface area contributed by atoms with Gasteiger partial charge in [-0.15, -0.1) is 5.10 Å². The van der Waals surface area contributed by atoms with Crippen molar-refractivity contribution in [1.82, 2.24) is 25.3 Å². The smallest absolute Gasteiger partial charge is 0.251 e. The van der Waals surface area contributed by atoms with Crippen molar-refractivity contribution in [2.45, 2.75) is 38.6 Å². The third-order valence-electron chi connectivity index (χ3n) is 6.00. The van der Waals surface area contributed by atoms with Gasteiger partial charge in [-0.3, -0.25) is 19.3 Å². The molecule has 0 fully saturated rings. The predicted molar refractivity (Wildman–Crippen MR) is 139 cm³/mol. The van der Waals surface area contributed by atoms with Crippen molar-refractivity contribution in [3.05, 3.63) is 90.4 Å². The Balaban J connectivity index is 1.18. The van der Waals surface area contributed by atoms with Gasteiger partial charge in [-0.05, 0) is 48.2 Å². The van der Waals surface area contributed by atoms with Gasteiger partial charge in [0.25, 0.3) is 5.91 Å². The Labute approximate surface area is 210 Å². The number of aryl methyl sites for hydroxylation is 1. The van der Waals surface area contributed by atoms with E-state index in [0.717, 1.165) is 49.9 Å². The number of hydrogen-bond acceptors (Lipinski definition) is 5. The molecular formula is C28H30N6O2. The fraction of sp³-hybridized carbons (Fsp3) is 0.250. The number of pyridine rings is 1. The lowest BCUT2D eigenvalue weighted by atomic mass is 9.94. The summed E-state index contributed by atoms with van der Waals surface area (Å²) in [6.45, 7) is 1.43. The number of unbranched alkanes of at least 4 members (excludes halogenated alkanes) is 4. The van der Waals surface area contributed by atoms with Crippen molar-refractivity contribution in [2.75, 3.05) is 6.54 Å². The second-order valence-corrected chi connectivity index (χ2v) is 8.59. The van der Waals surface area contributed by atoms with Gasteiger partial charge in [0.15, 0.2) is 0 Å². The molecule has 4 aromatic rings. The van der Waals surface area contributed by atoms with Crippen LogP contribution in [0.25, 0.3) is 22.4 Å². The molecule has 0 aliphatic heterocycles. The van der Waals surface area contributed by atoms with Gasteiger partial charge in [-0.1, -0.05) is 60.9 Å². The van der Waals surface area contributed by atoms with Crippen molar-refractivity contribution < 1.29 is 9.59 Å². The second-order valence-electron chi connectivity index (χ2n) is 8.59. The molecule has 0 atom stereocenters. The Bertz CT molecular complexity index is 1300. The van der Waals surface area contributed by atoms with Crippen molar-refractivity contribution >= 4 is 11.8 Å². The lowest BCUT2D eigenvalue weighted by Crippen LogP contribution is -2.25. The molecule has 36 heavy (non-hydrogen) atoms. The summed E-state index contributed by atoms with van der Waals surface area (Å²) < 4.78 is 1.87. The van der Waals surface area contributed by atoms with E-state index in [-0.39, 0.29) is 5.91 Å². The normalized spacial score (nSPS) is 10.8. The third kappa shape index (κ3) is 6.41. The molecule has 0 spiro atoms. The Morgan fingerprint density at radius 2 is 1.53 bits per heavy atom. The number of aromatic nitrogens is 4. The van der Waals surface area contributed by atoms with E-state index in [2.05, 4.69) is 20.6 Å². The number of primary amides is 1. The molecule has 8 nitrogen and oxygen atoms in total. The average Bonchev–Trinajstić information content (AvgIpc) is 3.39. The molecule has 8 heteroatoms. The van der Waals surface area contributed by atoms with Crippen LogP contribution in [0.2, 0.25) is 0 Å². The second kappa shape index (κ2) is 12.4. The van der Waals surface area contributed by atoms with Crippen LogP contribution in [-0.4, -0.2) is 38.3 Å². The summed E-state index contributed by atoms with van der Waals surface area (Å²) in [7, 11) is 0. The van der Waals surface area contributed by atoms with E-state index < -0.39 is 5.91 Å². The molecule has 0 saturated heterocycles. The lowest BCUT2D eigenvalue weighted by Gasteiger charge is -2.12. The van der Waals surface area contributed by atoms with Crippen molar-refractivity contribution in [2.24, 2.45) is 5.73 Å². The van der Waals surface area contributed by atoms with Crippen LogP contribution in [0.15, 0.2) is 79.3 Å². The summed E-state index contributed by atoms with van der Waals surface area (Å²) >= 11 is 0. The monoisotopic (exact) mass is 482 g/mol. The summed E-state index contributed by atoms with van der Waals surface area (Å²) in [5, 5.41) is 11.4. The van der Waals surface area contributed by atoms with E-state index in [1.807, 2.05) is 53.3 Å². The minimum atomic E-state index is -0.515. The first-order valence-corrected chi connectivity index (χ1v) is 12.2. The standard InChI is InChI=1S/C28H30N6O2/c29-27(35)24-14-6-4-12-22(24)23-13-5-7-15-25(23)28(36)31-17-8-2-1-3-9-18-34-20-26(32-33-34)21-11-10-16-30-19-21/h4-7,10-16,19-20H,1-3,8-9,17-18H2,(H2,29,35)(H,31,36). The van der Waals surface area contributed by atoms with Gasteiger partial charge in [-0.2, -0.15) is 0 Å². The van der Waals surface area contributed by atoms with Crippen LogP contribution in [0.5, 0.6) is 0 Å². The molecular weight excluding hydrogens is 452 g/mol. The molecule has 2 aromatic heterocycles. The van der Waals surface area contributed by atoms with Gasteiger partial charge >= 0.3 is 0 Å². The van der Waals surface area contributed by atoms with E-state index in [4.69, 9.17) is 5.73 Å². The summed E-state index contributed by atoms with van der Waals surface area (Å²) in [6, 6.07) is 18.2. The van der Waals surface area contributed by atoms with Gasteiger partial charge < -0.3 is 11.1 Å². The van der Waals surface area contributed by atoms with Crippen molar-refractivity contribution in [1.29, 1.82) is 0 Å². The molecule has 2 amide bonds. The van der Waals surface area contributed by atoms with Gasteiger partial charge in [-0.25, -0.2) is 0 Å². The SMILES string of the molecule is NC(=O)c1ccccc1-c1ccccc1C(=O)NCCCCCCCn1cc(-c2cccnc2)nn1. The molecule has 0 bridgehead atoms. The first kappa shape index (κ1) is 24.8. The quantitative estimate of drug-likeness (QED) is 0.289. The van der Waals surface area contributed by atoms with Crippen LogP contribution < -0.4 is 11.1 Å². The Morgan fingerprint density at radius 3 is 2.28 bits per heavy atom. The van der Waals surface area contributed by atoms with E-state index >= 15 is 0 Å². The Kier molecular flexibility index (Phi) is 8.53. The largest absolute Gasteiger partial charge is 0.366 e. The van der Waals surface area contributed by atoms with E-state index in [1.54, 1.807) is 30.6 Å². The number of nitrogens with two attached hydrogens (primary N) is 1. The molecule has 2 heterocycles. The van der Waals surface area contributed by atoms with E-state index in [1.165, 1.54) is 0 Å². The highest BCUT2D eigenvalue weighted by molar-refractivity contribution is 6.05. The number of amides is 2. The van der Waals surface area contributed by atoms with Crippen LogP contribution >= 0.6 is 0 Å². The van der Waals surface area contributed by atoms with Gasteiger partial charge in [0.05, 0.1) is 6.20 Å². The third-order valence-corrected chi connectivity index (χ3v) is 6.00. The summed E-state index contributed by atoms with van der Waals surface area (Å²) in [5.41, 5.74) is 9.62. The number of carbonyl (C=O) groups excluding carboxylic acids is 2. The van der Waals surface area contributed by atoms with Crippen molar-refractivity contribution in [3.8, 4) is 22.4 Å². The number of hydrogen-bond donors (Lipinski definition) is 2. The zero-order valence-corrected chi connectivity index (χ0v) is 20.1. The van der Waals surface area contributed by atoms with Crippen LogP contribution in [0, 0.1) is 0 Å². The molecule has 0 aliphatic carbocycles. The Morgan fingerprint density at radius 1 is 0.833 bits per heavy atom. The molecule has 0 unspecified atom stereocenters. The fourth-order valence-electron chi connectivity index (χ4n) is 4.13. The van der Waals surface area contributed by atoms with E-state index in [0.29, 0.717) is 28.8 Å². The molecule has 4 rings (SSSR count). The zero-order valence-electron chi connectivity index (χ0n) is 20.1. The number of carbonyl (C=O) groups is 2. The van der Waals surface area contributed by atoms with E-state index in [9.17, 15) is 9.59 Å². The minimum absolute atomic E-state index is 0.152. The molecule has 3 N–H and O–H groups in total. The Hall–Kier alpha value is -4.33. The maximum absolute atomic E-state index is 12.9. The highest BCUT2D eigenvalue weighted by Crippen LogP contribution is 2.27. The van der Waals surface area contributed by atoms with Gasteiger partial charge in [0.2, 0.25) is 5.91 Å². The molecule has 0 saturated carbocycles. The topological polar surface area (TPSA) is 116 Å². The maximum Gasteiger partial charge on any atom is 0.251 e. The van der Waals surface area contributed by atoms with Crippen LogP contribution in [-0.2, 0) is 6.54 Å². The number of benzene rings is 2. The average molecular weight is 483 g/mol. The molecule has 0 radical (unpaired) electrons. The number of nitrogens with one attached hydrogen (secondary N) is 1. The van der Waals surface area contributed by atoms with Gasteiger partial charge in [0.1, 0.15) is 5.69 Å². The molecule has 2 aromatic carbocycles. The minimum Gasteiger partial charge on any atom is -0.366 e. The van der Waals surface area contributed by atoms with Crippen molar-refractivity contribution in [3.63, 3.8) is 0 Å². The highest BCUT2D eigenvalue weighted by atomic mass is 16.2. The highest BCUT2D eigenvalue weighted by Gasteiger charge is 2.16. The summed E-state index contributed by atoms with van der Waals surface area (Å²) in [4.78, 5) is 28.8. The fourth-order valence-corrected chi connectivity index (χ4v) is 4.13. The van der Waals surface area contributed by atoms with Crippen LogP contribution in [0.4, 0.5) is 0 Å². The molecule has 184 valence electrons. The first-order chi connectivity index (χ1) is 17.6. The van der Waals surface area contributed by atoms with Gasteiger partial charge in [0, 0.05) is 42.2 Å². The van der Waals surface area contributed by atoms with Crippen LogP contribution in [0.1, 0.15) is 52.8 Å². The first-order valence-electron chi connectivity index (χ1n) is 12.2. The lowest BCUT2D eigenvalue weighted by molar-refractivity contribution is 0.0951. The maximum atomic E-state index is 12.9. The predicted octanol–water partition coefficient (Wildman–Crippen LogP) is 4.49. The number of nitrogens with zero attached hydrogens (tertiary/aromatic N) is 4. The summed E-state index contributed by atoms with van der Waals surface area (Å²) in [6.07, 6.45) is 10.6. The zero-order chi connectivity index (χ0) is 25.2. The molecule has 0 aliphatic rings. The summed E-state index contributed by atoms with van der Waals surface area (Å²) in [5.74, 6) is -0.668.